The van der Waals surface area contributed by atoms with Crippen LogP contribution in [0.5, 0.6) is 11.5 Å². The van der Waals surface area contributed by atoms with Crippen LogP contribution in [0.3, 0.4) is 0 Å². The van der Waals surface area contributed by atoms with Gasteiger partial charge >= 0.3 is 0 Å². The van der Waals surface area contributed by atoms with Crippen molar-refractivity contribution in [1.82, 2.24) is 10.2 Å². The van der Waals surface area contributed by atoms with Crippen molar-refractivity contribution in [1.29, 1.82) is 0 Å². The molecular formula is C27H30N2O4. The summed E-state index contributed by atoms with van der Waals surface area (Å²) in [6.07, 6.45) is 0.556. The first-order valence-corrected chi connectivity index (χ1v) is 10.9. The second kappa shape index (κ2) is 11.7. The van der Waals surface area contributed by atoms with Crippen molar-refractivity contribution in [2.75, 3.05) is 21.3 Å². The van der Waals surface area contributed by atoms with Crippen LogP contribution in [0, 0.1) is 0 Å². The van der Waals surface area contributed by atoms with Crippen molar-refractivity contribution >= 4 is 11.8 Å². The minimum Gasteiger partial charge on any atom is -0.493 e. The fraction of sp³-hybridized carbons (Fsp3) is 0.259. The molecule has 1 N–H and O–H groups in total. The third-order valence-electron chi connectivity index (χ3n) is 5.52. The van der Waals surface area contributed by atoms with Crippen LogP contribution in [-0.4, -0.2) is 44.0 Å². The summed E-state index contributed by atoms with van der Waals surface area (Å²) in [4.78, 5) is 28.2. The zero-order chi connectivity index (χ0) is 23.6. The number of carbonyl (C=O) groups is 2. The normalized spacial score (nSPS) is 11.4. The summed E-state index contributed by atoms with van der Waals surface area (Å²) < 4.78 is 10.7. The van der Waals surface area contributed by atoms with Gasteiger partial charge in [0.15, 0.2) is 11.5 Å². The van der Waals surface area contributed by atoms with Gasteiger partial charge in [0.25, 0.3) is 0 Å². The van der Waals surface area contributed by atoms with Gasteiger partial charge in [-0.1, -0.05) is 66.7 Å². The zero-order valence-corrected chi connectivity index (χ0v) is 19.3. The molecule has 2 amide bonds. The van der Waals surface area contributed by atoms with E-state index in [0.29, 0.717) is 24.5 Å². The van der Waals surface area contributed by atoms with E-state index in [1.54, 1.807) is 38.3 Å². The molecule has 3 aromatic rings. The van der Waals surface area contributed by atoms with Crippen LogP contribution < -0.4 is 14.8 Å². The molecule has 0 saturated carbocycles. The summed E-state index contributed by atoms with van der Waals surface area (Å²) >= 11 is 0. The first-order chi connectivity index (χ1) is 16.0. The molecule has 0 aromatic heterocycles. The van der Waals surface area contributed by atoms with E-state index in [1.807, 2.05) is 66.7 Å². The van der Waals surface area contributed by atoms with Gasteiger partial charge in [0.2, 0.25) is 11.8 Å². The Morgan fingerprint density at radius 3 is 2.00 bits per heavy atom. The van der Waals surface area contributed by atoms with Crippen molar-refractivity contribution < 1.29 is 19.1 Å². The lowest BCUT2D eigenvalue weighted by atomic mass is 10.0. The highest BCUT2D eigenvalue weighted by Crippen LogP contribution is 2.28. The number of ether oxygens (including phenoxy) is 2. The summed E-state index contributed by atoms with van der Waals surface area (Å²) in [6.45, 7) is 0.331. The average molecular weight is 447 g/mol. The number of amides is 2. The van der Waals surface area contributed by atoms with Crippen LogP contribution in [0.4, 0.5) is 0 Å². The second-order valence-electron chi connectivity index (χ2n) is 7.69. The lowest BCUT2D eigenvalue weighted by molar-refractivity contribution is -0.140. The Balaban J connectivity index is 1.93. The number of nitrogens with one attached hydrogen (secondary N) is 1. The van der Waals surface area contributed by atoms with E-state index in [-0.39, 0.29) is 18.2 Å². The van der Waals surface area contributed by atoms with E-state index in [9.17, 15) is 9.59 Å². The first-order valence-electron chi connectivity index (χ1n) is 10.9. The van der Waals surface area contributed by atoms with E-state index >= 15 is 0 Å². The Kier molecular flexibility index (Phi) is 8.47. The van der Waals surface area contributed by atoms with E-state index in [2.05, 4.69) is 5.32 Å². The maximum Gasteiger partial charge on any atom is 0.242 e. The Morgan fingerprint density at radius 2 is 1.42 bits per heavy atom. The Labute approximate surface area is 195 Å². The van der Waals surface area contributed by atoms with Crippen LogP contribution >= 0.6 is 0 Å². The van der Waals surface area contributed by atoms with Gasteiger partial charge in [0.1, 0.15) is 6.04 Å². The summed E-state index contributed by atoms with van der Waals surface area (Å²) in [7, 11) is 4.73. The third-order valence-corrected chi connectivity index (χ3v) is 5.52. The largest absolute Gasteiger partial charge is 0.493 e. The molecule has 6 heteroatoms. The minimum atomic E-state index is -0.648. The minimum absolute atomic E-state index is 0.134. The molecule has 0 aliphatic carbocycles. The molecule has 6 nitrogen and oxygen atoms in total. The monoisotopic (exact) mass is 446 g/mol. The van der Waals surface area contributed by atoms with Crippen molar-refractivity contribution in [3.05, 3.63) is 95.6 Å². The molecule has 0 aliphatic rings. The molecule has 1 atom stereocenters. The van der Waals surface area contributed by atoms with E-state index in [0.717, 1.165) is 16.7 Å². The lowest BCUT2D eigenvalue weighted by Gasteiger charge is -2.31. The summed E-state index contributed by atoms with van der Waals surface area (Å²) in [5.41, 5.74) is 2.73. The average Bonchev–Trinajstić information content (AvgIpc) is 2.86. The molecule has 172 valence electrons. The predicted molar refractivity (Wildman–Crippen MR) is 128 cm³/mol. The maximum absolute atomic E-state index is 13.6. The van der Waals surface area contributed by atoms with Crippen LogP contribution in [0.1, 0.15) is 16.7 Å². The molecule has 0 fully saturated rings. The smallest absolute Gasteiger partial charge is 0.242 e. The number of hydrogen-bond donors (Lipinski definition) is 1. The Hall–Kier alpha value is -3.80. The molecule has 0 spiro atoms. The quantitative estimate of drug-likeness (QED) is 0.516. The lowest BCUT2D eigenvalue weighted by Crippen LogP contribution is -2.50. The van der Waals surface area contributed by atoms with Gasteiger partial charge in [-0.15, -0.1) is 0 Å². The topological polar surface area (TPSA) is 67.9 Å². The highest BCUT2D eigenvalue weighted by molar-refractivity contribution is 5.88. The molecule has 0 radical (unpaired) electrons. The summed E-state index contributed by atoms with van der Waals surface area (Å²) in [5.74, 6) is 0.817. The Bertz CT molecular complexity index is 1050. The molecule has 0 heterocycles. The summed E-state index contributed by atoms with van der Waals surface area (Å²) in [6, 6.07) is 24.2. The van der Waals surface area contributed by atoms with Crippen molar-refractivity contribution in [3.63, 3.8) is 0 Å². The van der Waals surface area contributed by atoms with Crippen molar-refractivity contribution in [3.8, 4) is 11.5 Å². The van der Waals surface area contributed by atoms with Crippen LogP contribution in [-0.2, 0) is 29.0 Å². The zero-order valence-electron chi connectivity index (χ0n) is 19.3. The van der Waals surface area contributed by atoms with E-state index < -0.39 is 6.04 Å². The van der Waals surface area contributed by atoms with Gasteiger partial charge in [-0.05, 0) is 28.8 Å². The highest BCUT2D eigenvalue weighted by atomic mass is 16.5. The fourth-order valence-electron chi connectivity index (χ4n) is 3.77. The van der Waals surface area contributed by atoms with Gasteiger partial charge in [-0.25, -0.2) is 0 Å². The van der Waals surface area contributed by atoms with Gasteiger partial charge in [-0.2, -0.15) is 0 Å². The molecular weight excluding hydrogens is 416 g/mol. The summed E-state index contributed by atoms with van der Waals surface area (Å²) in [5, 5.41) is 2.73. The number of benzene rings is 3. The molecule has 3 aromatic carbocycles. The first kappa shape index (κ1) is 23.9. The Morgan fingerprint density at radius 1 is 0.818 bits per heavy atom. The maximum atomic E-state index is 13.6. The van der Waals surface area contributed by atoms with Gasteiger partial charge < -0.3 is 19.7 Å². The molecule has 3 rings (SSSR count). The van der Waals surface area contributed by atoms with Gasteiger partial charge in [-0.3, -0.25) is 9.59 Å². The molecule has 1 unspecified atom stereocenters. The van der Waals surface area contributed by atoms with Crippen LogP contribution in [0.15, 0.2) is 78.9 Å². The number of hydrogen-bond acceptors (Lipinski definition) is 4. The van der Waals surface area contributed by atoms with Crippen molar-refractivity contribution in [2.24, 2.45) is 0 Å². The predicted octanol–water partition coefficient (Wildman–Crippen LogP) is 3.63. The highest BCUT2D eigenvalue weighted by Gasteiger charge is 2.30. The second-order valence-corrected chi connectivity index (χ2v) is 7.69. The molecule has 0 saturated heterocycles. The number of carbonyl (C=O) groups excluding carboxylic acids is 2. The SMILES string of the molecule is CNC(=O)C(Cc1ccccc1)N(Cc1ccccc1)C(=O)Cc1ccc(OC)c(OC)c1. The third kappa shape index (κ3) is 6.35. The molecule has 0 aliphatic heterocycles. The number of methoxy groups -OCH3 is 2. The molecule has 33 heavy (non-hydrogen) atoms. The van der Waals surface area contributed by atoms with E-state index in [4.69, 9.17) is 9.47 Å². The molecule has 0 bridgehead atoms. The van der Waals surface area contributed by atoms with Crippen LogP contribution in [0.2, 0.25) is 0 Å². The van der Waals surface area contributed by atoms with Crippen LogP contribution in [0.25, 0.3) is 0 Å². The van der Waals surface area contributed by atoms with Gasteiger partial charge in [0.05, 0.1) is 20.6 Å². The number of likely N-dealkylation sites (N-methyl/N-ethyl adjacent to an activating group) is 1. The van der Waals surface area contributed by atoms with Gasteiger partial charge in [0, 0.05) is 20.0 Å². The fourth-order valence-corrected chi connectivity index (χ4v) is 3.77. The van der Waals surface area contributed by atoms with Crippen molar-refractivity contribution in [2.45, 2.75) is 25.4 Å². The number of nitrogens with zero attached hydrogens (tertiary/aromatic N) is 1. The number of rotatable bonds is 10. The standard InChI is InChI=1S/C27H30N2O4/c1-28-27(31)23(16-20-10-6-4-7-11-20)29(19-21-12-8-5-9-13-21)26(30)18-22-14-15-24(32-2)25(17-22)33-3/h4-15,17,23H,16,18-19H2,1-3H3,(H,28,31). The van der Waals surface area contributed by atoms with E-state index in [1.165, 1.54) is 0 Å².